The quantitative estimate of drug-likeness (QED) is 0.856. The Morgan fingerprint density at radius 3 is 2.31 bits per heavy atom. The van der Waals surface area contributed by atoms with Crippen molar-refractivity contribution in [1.29, 1.82) is 0 Å². The van der Waals surface area contributed by atoms with Crippen molar-refractivity contribution < 1.29 is 5.11 Å². The van der Waals surface area contributed by atoms with E-state index in [9.17, 15) is 0 Å². The lowest BCUT2D eigenvalue weighted by molar-refractivity contribution is 0.234. The maximum Gasteiger partial charge on any atom is 0.0656 e. The molecule has 0 saturated carbocycles. The van der Waals surface area contributed by atoms with Crippen molar-refractivity contribution in [3.63, 3.8) is 0 Å². The van der Waals surface area contributed by atoms with E-state index in [-0.39, 0.29) is 12.1 Å². The average molecular weight is 244 g/mol. The summed E-state index contributed by atoms with van der Waals surface area (Å²) < 4.78 is 1.06. The molecule has 0 unspecified atom stereocenters. The van der Waals surface area contributed by atoms with E-state index in [1.807, 2.05) is 38.1 Å². The van der Waals surface area contributed by atoms with Gasteiger partial charge in [0.1, 0.15) is 0 Å². The van der Waals surface area contributed by atoms with Crippen LogP contribution in [-0.4, -0.2) is 17.3 Å². The Balaban J connectivity index is 2.69. The van der Waals surface area contributed by atoms with E-state index < -0.39 is 0 Å². The molecule has 0 fully saturated rings. The van der Waals surface area contributed by atoms with Crippen LogP contribution in [0.3, 0.4) is 0 Å². The first-order chi connectivity index (χ1) is 6.03. The van der Waals surface area contributed by atoms with Crippen molar-refractivity contribution in [3.8, 4) is 0 Å². The van der Waals surface area contributed by atoms with Crippen molar-refractivity contribution in [2.45, 2.75) is 19.4 Å². The molecule has 0 atom stereocenters. The lowest BCUT2D eigenvalue weighted by Gasteiger charge is -2.24. The lowest BCUT2D eigenvalue weighted by Crippen LogP contribution is -2.34. The van der Waals surface area contributed by atoms with Gasteiger partial charge in [0.2, 0.25) is 0 Å². The summed E-state index contributed by atoms with van der Waals surface area (Å²) in [5.74, 6) is 0. The predicted octanol–water partition coefficient (Wildman–Crippen LogP) is 2.63. The molecule has 0 saturated heterocycles. The van der Waals surface area contributed by atoms with Crippen LogP contribution in [0.5, 0.6) is 0 Å². The van der Waals surface area contributed by atoms with Gasteiger partial charge >= 0.3 is 0 Å². The SMILES string of the molecule is CC(C)(CO)Nc1ccc(Br)cc1. The Morgan fingerprint density at radius 2 is 1.85 bits per heavy atom. The molecule has 0 aliphatic rings. The van der Waals surface area contributed by atoms with Crippen molar-refractivity contribution in [1.82, 2.24) is 0 Å². The number of aliphatic hydroxyl groups excluding tert-OH is 1. The van der Waals surface area contributed by atoms with Gasteiger partial charge in [0.15, 0.2) is 0 Å². The summed E-state index contributed by atoms with van der Waals surface area (Å²) in [6.45, 7) is 4.02. The molecular weight excluding hydrogens is 230 g/mol. The molecule has 0 heterocycles. The van der Waals surface area contributed by atoms with Crippen LogP contribution in [0.4, 0.5) is 5.69 Å². The molecular formula is C10H14BrNO. The molecule has 2 N–H and O–H groups in total. The molecule has 13 heavy (non-hydrogen) atoms. The third-order valence-electron chi connectivity index (χ3n) is 1.72. The monoisotopic (exact) mass is 243 g/mol. The minimum atomic E-state index is -0.270. The largest absolute Gasteiger partial charge is 0.394 e. The highest BCUT2D eigenvalue weighted by atomic mass is 79.9. The smallest absolute Gasteiger partial charge is 0.0656 e. The van der Waals surface area contributed by atoms with Gasteiger partial charge in [-0.25, -0.2) is 0 Å². The first kappa shape index (κ1) is 10.5. The highest BCUT2D eigenvalue weighted by Gasteiger charge is 2.14. The second kappa shape index (κ2) is 4.11. The molecule has 72 valence electrons. The third-order valence-corrected chi connectivity index (χ3v) is 2.25. The molecule has 0 spiro atoms. The Hall–Kier alpha value is -0.540. The predicted molar refractivity (Wildman–Crippen MR) is 58.9 cm³/mol. The van der Waals surface area contributed by atoms with Gasteiger partial charge in [0, 0.05) is 10.2 Å². The number of halogens is 1. The molecule has 0 aromatic heterocycles. The van der Waals surface area contributed by atoms with Crippen LogP contribution in [0.2, 0.25) is 0 Å². The standard InChI is InChI=1S/C10H14BrNO/c1-10(2,7-13)12-9-5-3-8(11)4-6-9/h3-6,12-13H,7H2,1-2H3. The maximum absolute atomic E-state index is 9.04. The number of rotatable bonds is 3. The van der Waals surface area contributed by atoms with E-state index in [1.165, 1.54) is 0 Å². The first-order valence-corrected chi connectivity index (χ1v) is 4.97. The number of anilines is 1. The Kier molecular flexibility index (Phi) is 3.33. The molecule has 0 aliphatic heterocycles. The summed E-state index contributed by atoms with van der Waals surface area (Å²) in [5.41, 5.74) is 0.746. The zero-order chi connectivity index (χ0) is 9.90. The minimum absolute atomic E-state index is 0.114. The molecule has 0 radical (unpaired) electrons. The summed E-state index contributed by atoms with van der Waals surface area (Å²) in [6.07, 6.45) is 0. The fourth-order valence-corrected chi connectivity index (χ4v) is 1.23. The second-order valence-electron chi connectivity index (χ2n) is 3.67. The van der Waals surface area contributed by atoms with E-state index >= 15 is 0 Å². The zero-order valence-electron chi connectivity index (χ0n) is 7.84. The van der Waals surface area contributed by atoms with Crippen LogP contribution in [0, 0.1) is 0 Å². The van der Waals surface area contributed by atoms with Gasteiger partial charge in [-0.05, 0) is 38.1 Å². The molecule has 3 heteroatoms. The minimum Gasteiger partial charge on any atom is -0.394 e. The average Bonchev–Trinajstić information content (AvgIpc) is 2.09. The van der Waals surface area contributed by atoms with Crippen LogP contribution >= 0.6 is 15.9 Å². The molecule has 1 aromatic carbocycles. The van der Waals surface area contributed by atoms with Gasteiger partial charge < -0.3 is 10.4 Å². The molecule has 1 rings (SSSR count). The van der Waals surface area contributed by atoms with E-state index in [2.05, 4.69) is 21.2 Å². The van der Waals surface area contributed by atoms with Crippen LogP contribution in [0.25, 0.3) is 0 Å². The van der Waals surface area contributed by atoms with Crippen LogP contribution in [0.15, 0.2) is 28.7 Å². The molecule has 1 aromatic rings. The van der Waals surface area contributed by atoms with E-state index in [4.69, 9.17) is 5.11 Å². The topological polar surface area (TPSA) is 32.3 Å². The second-order valence-corrected chi connectivity index (χ2v) is 4.59. The van der Waals surface area contributed by atoms with Crippen molar-refractivity contribution in [2.24, 2.45) is 0 Å². The Labute approximate surface area is 87.1 Å². The summed E-state index contributed by atoms with van der Waals surface area (Å²) in [4.78, 5) is 0. The van der Waals surface area contributed by atoms with Crippen LogP contribution in [0.1, 0.15) is 13.8 Å². The van der Waals surface area contributed by atoms with Crippen molar-refractivity contribution in [2.75, 3.05) is 11.9 Å². The van der Waals surface area contributed by atoms with Crippen LogP contribution in [-0.2, 0) is 0 Å². The van der Waals surface area contributed by atoms with Gasteiger partial charge in [-0.2, -0.15) is 0 Å². The molecule has 0 amide bonds. The first-order valence-electron chi connectivity index (χ1n) is 4.18. The molecule has 0 bridgehead atoms. The summed E-state index contributed by atoms with van der Waals surface area (Å²) in [6, 6.07) is 7.88. The van der Waals surface area contributed by atoms with Gasteiger partial charge in [0.25, 0.3) is 0 Å². The normalized spacial score (nSPS) is 11.4. The fourth-order valence-electron chi connectivity index (χ4n) is 0.963. The fraction of sp³-hybridized carbons (Fsp3) is 0.400. The number of hydrogen-bond acceptors (Lipinski definition) is 2. The molecule has 0 aliphatic carbocycles. The number of nitrogens with one attached hydrogen (secondary N) is 1. The van der Waals surface area contributed by atoms with Gasteiger partial charge in [-0.1, -0.05) is 15.9 Å². The Morgan fingerprint density at radius 1 is 1.31 bits per heavy atom. The highest BCUT2D eigenvalue weighted by molar-refractivity contribution is 9.10. The highest BCUT2D eigenvalue weighted by Crippen LogP contribution is 2.17. The van der Waals surface area contributed by atoms with Crippen molar-refractivity contribution in [3.05, 3.63) is 28.7 Å². The molecule has 2 nitrogen and oxygen atoms in total. The van der Waals surface area contributed by atoms with Crippen LogP contribution < -0.4 is 5.32 Å². The summed E-state index contributed by atoms with van der Waals surface area (Å²) in [7, 11) is 0. The summed E-state index contributed by atoms with van der Waals surface area (Å²) in [5, 5.41) is 12.3. The van der Waals surface area contributed by atoms with Gasteiger partial charge in [-0.3, -0.25) is 0 Å². The van der Waals surface area contributed by atoms with E-state index in [0.717, 1.165) is 10.2 Å². The maximum atomic E-state index is 9.04. The van der Waals surface area contributed by atoms with Gasteiger partial charge in [-0.15, -0.1) is 0 Å². The zero-order valence-corrected chi connectivity index (χ0v) is 9.43. The summed E-state index contributed by atoms with van der Waals surface area (Å²) >= 11 is 3.36. The number of hydrogen-bond donors (Lipinski definition) is 2. The van der Waals surface area contributed by atoms with Crippen molar-refractivity contribution >= 4 is 21.6 Å². The van der Waals surface area contributed by atoms with E-state index in [1.54, 1.807) is 0 Å². The third kappa shape index (κ3) is 3.36. The number of benzene rings is 1. The van der Waals surface area contributed by atoms with Gasteiger partial charge in [0.05, 0.1) is 12.1 Å². The lowest BCUT2D eigenvalue weighted by atomic mass is 10.1. The van der Waals surface area contributed by atoms with E-state index in [0.29, 0.717) is 0 Å². The number of aliphatic hydroxyl groups is 1. The Bertz CT molecular complexity index is 269.